The van der Waals surface area contributed by atoms with Crippen LogP contribution in [-0.4, -0.2) is 28.7 Å². The van der Waals surface area contributed by atoms with E-state index in [0.29, 0.717) is 0 Å². The van der Waals surface area contributed by atoms with Gasteiger partial charge >= 0.3 is 0 Å². The van der Waals surface area contributed by atoms with Crippen LogP contribution in [-0.2, 0) is 0 Å². The molecule has 16 heavy (non-hydrogen) atoms. The molecule has 0 heterocycles. The average Bonchev–Trinajstić information content (AvgIpc) is 2.21. The molecule has 0 spiro atoms. The molecule has 0 saturated heterocycles. The first-order valence-corrected chi connectivity index (χ1v) is 11.3. The molecule has 92 valence electrons. The zero-order valence-corrected chi connectivity index (χ0v) is 13.7. The molecule has 0 aliphatic rings. The first-order chi connectivity index (χ1) is 7.59. The van der Waals surface area contributed by atoms with E-state index in [1.54, 1.807) is 0 Å². The SMILES string of the molecule is CCCCC#CCCCN([Si](C)C)[Si](C)C. The van der Waals surface area contributed by atoms with E-state index >= 15 is 0 Å². The van der Waals surface area contributed by atoms with Crippen molar-refractivity contribution in [3.8, 4) is 11.8 Å². The van der Waals surface area contributed by atoms with Gasteiger partial charge in [-0.25, -0.2) is 0 Å². The molecule has 0 aromatic heterocycles. The highest BCUT2D eigenvalue weighted by molar-refractivity contribution is 6.69. The lowest BCUT2D eigenvalue weighted by Gasteiger charge is -2.28. The summed E-state index contributed by atoms with van der Waals surface area (Å²) in [5.74, 6) is 6.57. The highest BCUT2D eigenvalue weighted by atomic mass is 28.3. The van der Waals surface area contributed by atoms with E-state index in [-0.39, 0.29) is 17.9 Å². The Bertz CT molecular complexity index is 208. The van der Waals surface area contributed by atoms with Crippen molar-refractivity contribution in [2.24, 2.45) is 0 Å². The molecule has 0 atom stereocenters. The Morgan fingerprint density at radius 3 is 1.81 bits per heavy atom. The Labute approximate surface area is 106 Å². The van der Waals surface area contributed by atoms with E-state index < -0.39 is 0 Å². The van der Waals surface area contributed by atoms with Crippen molar-refractivity contribution in [3.05, 3.63) is 0 Å². The Morgan fingerprint density at radius 2 is 1.38 bits per heavy atom. The summed E-state index contributed by atoms with van der Waals surface area (Å²) in [5, 5.41) is 0. The molecule has 0 fully saturated rings. The number of hydrogen-bond acceptors (Lipinski definition) is 1. The van der Waals surface area contributed by atoms with Crippen molar-refractivity contribution in [2.75, 3.05) is 6.54 Å². The van der Waals surface area contributed by atoms with Gasteiger partial charge in [0.05, 0.1) is 0 Å². The molecule has 0 aliphatic heterocycles. The van der Waals surface area contributed by atoms with Crippen LogP contribution in [0.5, 0.6) is 0 Å². The minimum Gasteiger partial charge on any atom is -0.347 e. The number of unbranched alkanes of at least 4 members (excludes halogenated alkanes) is 3. The molecule has 0 N–H and O–H groups in total. The molecular formula is C13H27NSi2. The second kappa shape index (κ2) is 10.1. The molecule has 0 rings (SSSR count). The highest BCUT2D eigenvalue weighted by Gasteiger charge is 2.14. The van der Waals surface area contributed by atoms with Crippen LogP contribution < -0.4 is 0 Å². The third-order valence-electron chi connectivity index (χ3n) is 2.54. The van der Waals surface area contributed by atoms with Crippen LogP contribution in [0.4, 0.5) is 0 Å². The monoisotopic (exact) mass is 253 g/mol. The van der Waals surface area contributed by atoms with Crippen LogP contribution in [0.2, 0.25) is 26.2 Å². The predicted octanol–water partition coefficient (Wildman–Crippen LogP) is 3.76. The lowest BCUT2D eigenvalue weighted by molar-refractivity contribution is 0.615. The summed E-state index contributed by atoms with van der Waals surface area (Å²) >= 11 is 0. The summed E-state index contributed by atoms with van der Waals surface area (Å²) in [6.07, 6.45) is 5.95. The summed E-state index contributed by atoms with van der Waals surface area (Å²) in [7, 11) is -0.486. The van der Waals surface area contributed by atoms with Crippen molar-refractivity contribution in [3.63, 3.8) is 0 Å². The lowest BCUT2D eigenvalue weighted by atomic mass is 10.2. The molecule has 0 unspecified atom stereocenters. The molecular weight excluding hydrogens is 226 g/mol. The summed E-state index contributed by atoms with van der Waals surface area (Å²) in [6.45, 7) is 13.1. The van der Waals surface area contributed by atoms with Gasteiger partial charge in [-0.05, 0) is 19.4 Å². The maximum Gasteiger partial charge on any atom is 0.122 e. The predicted molar refractivity (Wildman–Crippen MR) is 78.2 cm³/mol. The topological polar surface area (TPSA) is 3.24 Å². The van der Waals surface area contributed by atoms with Crippen molar-refractivity contribution in [1.29, 1.82) is 0 Å². The molecule has 1 nitrogen and oxygen atoms in total. The van der Waals surface area contributed by atoms with E-state index in [4.69, 9.17) is 0 Å². The maximum absolute atomic E-state index is 3.30. The summed E-state index contributed by atoms with van der Waals surface area (Å²) in [5.41, 5.74) is 0. The van der Waals surface area contributed by atoms with E-state index in [9.17, 15) is 0 Å². The molecule has 3 heteroatoms. The van der Waals surface area contributed by atoms with Crippen molar-refractivity contribution >= 4 is 17.9 Å². The fourth-order valence-electron chi connectivity index (χ4n) is 1.66. The van der Waals surface area contributed by atoms with Gasteiger partial charge in [-0.1, -0.05) is 39.5 Å². The quantitative estimate of drug-likeness (QED) is 0.379. The Kier molecular flexibility index (Phi) is 10.1. The average molecular weight is 254 g/mol. The zero-order valence-electron chi connectivity index (χ0n) is 11.7. The Balaban J connectivity index is 3.65. The van der Waals surface area contributed by atoms with Gasteiger partial charge < -0.3 is 4.23 Å². The largest absolute Gasteiger partial charge is 0.347 e. The maximum atomic E-state index is 3.30. The summed E-state index contributed by atoms with van der Waals surface area (Å²) in [4.78, 5) is 0. The third kappa shape index (κ3) is 8.15. The third-order valence-corrected chi connectivity index (χ3v) is 7.83. The second-order valence-electron chi connectivity index (χ2n) is 4.61. The number of hydrogen-bond donors (Lipinski definition) is 0. The molecule has 0 saturated carbocycles. The normalized spacial score (nSPS) is 11.0. The van der Waals surface area contributed by atoms with E-state index in [1.807, 2.05) is 0 Å². The Hall–Kier alpha value is -0.0462. The van der Waals surface area contributed by atoms with E-state index in [2.05, 4.69) is 49.2 Å². The summed E-state index contributed by atoms with van der Waals surface area (Å²) < 4.78 is 2.74. The van der Waals surface area contributed by atoms with Gasteiger partial charge in [0.2, 0.25) is 0 Å². The van der Waals surface area contributed by atoms with Crippen molar-refractivity contribution in [2.45, 2.75) is 65.2 Å². The smallest absolute Gasteiger partial charge is 0.122 e. The van der Waals surface area contributed by atoms with Crippen LogP contribution >= 0.6 is 0 Å². The van der Waals surface area contributed by atoms with Crippen LogP contribution in [0.1, 0.15) is 39.0 Å². The molecule has 0 amide bonds. The minimum atomic E-state index is -0.243. The van der Waals surface area contributed by atoms with Gasteiger partial charge in [-0.2, -0.15) is 0 Å². The standard InChI is InChI=1S/C13H27NSi2/c1-6-7-8-9-10-11-12-13-14(15(2)3)16(4)5/h6-8,11-13H2,1-5H3. The zero-order chi connectivity index (χ0) is 12.4. The molecule has 0 aromatic carbocycles. The van der Waals surface area contributed by atoms with Gasteiger partial charge in [0.1, 0.15) is 17.9 Å². The molecule has 0 aliphatic carbocycles. The van der Waals surface area contributed by atoms with Gasteiger partial charge in [0, 0.05) is 12.8 Å². The van der Waals surface area contributed by atoms with Gasteiger partial charge in [0.15, 0.2) is 0 Å². The van der Waals surface area contributed by atoms with Crippen molar-refractivity contribution < 1.29 is 0 Å². The van der Waals surface area contributed by atoms with Gasteiger partial charge in [-0.3, -0.25) is 0 Å². The second-order valence-corrected chi connectivity index (χ2v) is 9.92. The fourth-order valence-corrected chi connectivity index (χ4v) is 6.45. The van der Waals surface area contributed by atoms with Crippen LogP contribution in [0.25, 0.3) is 0 Å². The lowest BCUT2D eigenvalue weighted by Crippen LogP contribution is -2.43. The number of rotatable bonds is 7. The summed E-state index contributed by atoms with van der Waals surface area (Å²) in [6, 6.07) is 0. The van der Waals surface area contributed by atoms with Crippen LogP contribution in [0, 0.1) is 11.8 Å². The van der Waals surface area contributed by atoms with Gasteiger partial charge in [-0.15, -0.1) is 11.8 Å². The first-order valence-electron chi connectivity index (χ1n) is 6.43. The highest BCUT2D eigenvalue weighted by Crippen LogP contribution is 2.02. The molecule has 0 aromatic rings. The molecule has 0 bridgehead atoms. The van der Waals surface area contributed by atoms with Crippen LogP contribution in [0.15, 0.2) is 0 Å². The molecule has 2 radical (unpaired) electrons. The van der Waals surface area contributed by atoms with E-state index in [0.717, 1.165) is 12.8 Å². The number of nitrogens with zero attached hydrogens (tertiary/aromatic N) is 1. The minimum absolute atomic E-state index is 0.243. The first kappa shape index (κ1) is 16.0. The van der Waals surface area contributed by atoms with E-state index in [1.165, 1.54) is 25.8 Å². The Morgan fingerprint density at radius 1 is 0.875 bits per heavy atom. The van der Waals surface area contributed by atoms with Crippen LogP contribution in [0.3, 0.4) is 0 Å². The fraction of sp³-hybridized carbons (Fsp3) is 0.846. The van der Waals surface area contributed by atoms with Crippen molar-refractivity contribution in [1.82, 2.24) is 4.23 Å². The van der Waals surface area contributed by atoms with Gasteiger partial charge in [0.25, 0.3) is 0 Å².